The lowest BCUT2D eigenvalue weighted by molar-refractivity contribution is 0.0910. The minimum atomic E-state index is -0.666. The van der Waals surface area contributed by atoms with E-state index in [-0.39, 0.29) is 35.9 Å². The molecule has 0 unspecified atom stereocenters. The summed E-state index contributed by atoms with van der Waals surface area (Å²) in [5, 5.41) is 26.6. The van der Waals surface area contributed by atoms with Gasteiger partial charge in [0.1, 0.15) is 11.5 Å². The maximum atomic E-state index is 14.2. The monoisotopic (exact) mass is 648 g/mol. The van der Waals surface area contributed by atoms with Crippen LogP contribution in [0.3, 0.4) is 0 Å². The molecule has 1 heterocycles. The third kappa shape index (κ3) is 6.89. The summed E-state index contributed by atoms with van der Waals surface area (Å²) in [6, 6.07) is 25.4. The zero-order valence-corrected chi connectivity index (χ0v) is 29.3. The summed E-state index contributed by atoms with van der Waals surface area (Å²) >= 11 is 0. The lowest BCUT2D eigenvalue weighted by atomic mass is 9.70. The Morgan fingerprint density at radius 3 is 1.31 bits per heavy atom. The molecule has 0 saturated heterocycles. The quantitative estimate of drug-likeness (QED) is 0.157. The predicted octanol–water partition coefficient (Wildman–Crippen LogP) is 7.64. The highest BCUT2D eigenvalue weighted by Crippen LogP contribution is 2.52. The number of hydrogen-bond donors (Lipinski definition) is 4. The second-order valence-electron chi connectivity index (χ2n) is 15.3. The first-order valence-corrected chi connectivity index (χ1v) is 16.6. The van der Waals surface area contributed by atoms with Crippen molar-refractivity contribution < 1.29 is 24.5 Å². The topological polar surface area (TPSA) is 108 Å². The van der Waals surface area contributed by atoms with E-state index in [2.05, 4.69) is 78.2 Å². The van der Waals surface area contributed by atoms with Crippen molar-refractivity contribution >= 4 is 11.8 Å². The van der Waals surface area contributed by atoms with E-state index in [0.717, 1.165) is 33.4 Å². The minimum absolute atomic E-state index is 0.278. The first-order valence-electron chi connectivity index (χ1n) is 16.6. The lowest BCUT2D eigenvalue weighted by Gasteiger charge is -2.39. The lowest BCUT2D eigenvalue weighted by Crippen LogP contribution is -2.35. The van der Waals surface area contributed by atoms with E-state index in [0.29, 0.717) is 22.6 Å². The van der Waals surface area contributed by atoms with Gasteiger partial charge in [0.05, 0.1) is 36.4 Å². The summed E-state index contributed by atoms with van der Waals surface area (Å²) in [5.41, 5.74) is 4.58. The van der Waals surface area contributed by atoms with Crippen molar-refractivity contribution in [1.82, 2.24) is 10.6 Å². The normalized spacial score (nSPS) is 15.0. The van der Waals surface area contributed by atoms with Crippen LogP contribution in [0.15, 0.2) is 84.9 Å². The minimum Gasteiger partial charge on any atom is -0.455 e. The van der Waals surface area contributed by atoms with Gasteiger partial charge >= 0.3 is 0 Å². The van der Waals surface area contributed by atoms with Crippen molar-refractivity contribution in [3.05, 3.63) is 129 Å². The van der Waals surface area contributed by atoms with Gasteiger partial charge in [0.2, 0.25) is 0 Å². The molecule has 0 aromatic heterocycles. The number of amides is 2. The van der Waals surface area contributed by atoms with Crippen LogP contribution in [0.4, 0.5) is 0 Å². The number of hydrogen-bond acceptors (Lipinski definition) is 5. The molecule has 48 heavy (non-hydrogen) atoms. The van der Waals surface area contributed by atoms with E-state index < -0.39 is 17.5 Å². The fourth-order valence-electron chi connectivity index (χ4n) is 6.17. The SMILES string of the molecule is CC(C)(C)c1cc(C(=O)N[C@H](CO)c2ccccc2)c2c(c1)C(C)(C)c1cc(C(C)(C)C)cc(C(=O)N[C@H](CO)c3ccccc3)c1O2. The van der Waals surface area contributed by atoms with Crippen LogP contribution in [0.2, 0.25) is 0 Å². The number of carbonyl (C=O) groups excluding carboxylic acids is 2. The molecule has 5 rings (SSSR count). The molecule has 0 saturated carbocycles. The summed E-state index contributed by atoms with van der Waals surface area (Å²) in [5.74, 6) is -0.0216. The van der Waals surface area contributed by atoms with Crippen LogP contribution in [0.25, 0.3) is 0 Å². The van der Waals surface area contributed by atoms with Gasteiger partial charge in [-0.3, -0.25) is 9.59 Å². The van der Waals surface area contributed by atoms with E-state index in [4.69, 9.17) is 4.74 Å². The number of benzene rings is 4. The van der Waals surface area contributed by atoms with Crippen molar-refractivity contribution in [3.8, 4) is 11.5 Å². The number of aliphatic hydroxyl groups excluding tert-OH is 2. The molecule has 0 aliphatic carbocycles. The highest BCUT2D eigenvalue weighted by atomic mass is 16.5. The molecule has 2 amide bonds. The maximum absolute atomic E-state index is 14.2. The number of aliphatic hydroxyl groups is 2. The van der Waals surface area contributed by atoms with Gasteiger partial charge in [0.25, 0.3) is 11.8 Å². The number of rotatable bonds is 8. The number of ether oxygens (including phenoxy) is 1. The Bertz CT molecular complexity index is 1670. The third-order valence-electron chi connectivity index (χ3n) is 9.33. The molecule has 4 N–H and O–H groups in total. The standard InChI is InChI=1S/C41H48N2O5/c1-39(2,3)27-19-29(37(46)42-33(23-44)25-15-11-9-12-16-25)35-31(21-27)41(7,8)32-22-28(40(4,5)6)20-30(36(32)48-35)38(47)43-34(24-45)26-17-13-10-14-18-26/h9-22,33-34,44-45H,23-24H2,1-8H3,(H,42,46)(H,43,47)/t33-,34-/m1/s1. The summed E-state index contributed by atoms with van der Waals surface area (Å²) in [4.78, 5) is 28.4. The molecular formula is C41H48N2O5. The van der Waals surface area contributed by atoms with Crippen LogP contribution in [-0.4, -0.2) is 35.2 Å². The highest BCUT2D eigenvalue weighted by Gasteiger charge is 2.41. The van der Waals surface area contributed by atoms with Crippen molar-refractivity contribution in [2.45, 2.75) is 83.7 Å². The molecule has 0 spiro atoms. The maximum Gasteiger partial charge on any atom is 0.255 e. The van der Waals surface area contributed by atoms with Gasteiger partial charge in [-0.05, 0) is 45.2 Å². The van der Waals surface area contributed by atoms with Gasteiger partial charge in [-0.25, -0.2) is 0 Å². The molecule has 7 nitrogen and oxygen atoms in total. The van der Waals surface area contributed by atoms with Crippen LogP contribution < -0.4 is 15.4 Å². The molecule has 4 aromatic carbocycles. The zero-order chi connectivity index (χ0) is 35.0. The third-order valence-corrected chi connectivity index (χ3v) is 9.33. The van der Waals surface area contributed by atoms with Gasteiger partial charge in [-0.15, -0.1) is 0 Å². The van der Waals surface area contributed by atoms with Crippen LogP contribution in [0.5, 0.6) is 11.5 Å². The van der Waals surface area contributed by atoms with E-state index in [1.807, 2.05) is 72.8 Å². The molecule has 0 bridgehead atoms. The Morgan fingerprint density at radius 2 is 1.00 bits per heavy atom. The predicted molar refractivity (Wildman–Crippen MR) is 190 cm³/mol. The van der Waals surface area contributed by atoms with Gasteiger partial charge in [0, 0.05) is 16.5 Å². The second-order valence-corrected chi connectivity index (χ2v) is 15.3. The number of carbonyl (C=O) groups is 2. The Morgan fingerprint density at radius 1 is 0.646 bits per heavy atom. The number of nitrogens with one attached hydrogen (secondary N) is 2. The fraction of sp³-hybridized carbons (Fsp3) is 0.366. The van der Waals surface area contributed by atoms with Gasteiger partial charge in [-0.1, -0.05) is 128 Å². The Hall–Kier alpha value is -4.46. The second kappa shape index (κ2) is 13.2. The van der Waals surface area contributed by atoms with Crippen molar-refractivity contribution in [1.29, 1.82) is 0 Å². The van der Waals surface area contributed by atoms with Crippen LogP contribution in [-0.2, 0) is 16.2 Å². The molecule has 4 aromatic rings. The molecule has 0 fully saturated rings. The molecule has 0 radical (unpaired) electrons. The Balaban J connectivity index is 1.67. The van der Waals surface area contributed by atoms with Gasteiger partial charge in [0.15, 0.2) is 0 Å². The van der Waals surface area contributed by atoms with Gasteiger partial charge in [-0.2, -0.15) is 0 Å². The molecule has 252 valence electrons. The summed E-state index contributed by atoms with van der Waals surface area (Å²) < 4.78 is 6.75. The average Bonchev–Trinajstić information content (AvgIpc) is 3.05. The average molecular weight is 649 g/mol. The molecule has 1 aliphatic rings. The zero-order valence-electron chi connectivity index (χ0n) is 29.3. The first kappa shape index (κ1) is 34.9. The Kier molecular flexibility index (Phi) is 9.60. The van der Waals surface area contributed by atoms with E-state index in [1.54, 1.807) is 0 Å². The van der Waals surface area contributed by atoms with Crippen LogP contribution in [0.1, 0.15) is 122 Å². The molecular weight excluding hydrogens is 600 g/mol. The van der Waals surface area contributed by atoms with E-state index in [9.17, 15) is 19.8 Å². The fourth-order valence-corrected chi connectivity index (χ4v) is 6.17. The van der Waals surface area contributed by atoms with Crippen LogP contribution >= 0.6 is 0 Å². The summed E-state index contributed by atoms with van der Waals surface area (Å²) in [6.45, 7) is 16.2. The molecule has 7 heteroatoms. The van der Waals surface area contributed by atoms with E-state index in [1.165, 1.54) is 0 Å². The molecule has 2 atom stereocenters. The summed E-state index contributed by atoms with van der Waals surface area (Å²) in [6.07, 6.45) is 0. The summed E-state index contributed by atoms with van der Waals surface area (Å²) in [7, 11) is 0. The number of fused-ring (bicyclic) bond motifs is 2. The van der Waals surface area contributed by atoms with E-state index >= 15 is 0 Å². The first-order chi connectivity index (χ1) is 22.6. The molecule has 1 aliphatic heterocycles. The van der Waals surface area contributed by atoms with Crippen molar-refractivity contribution in [2.24, 2.45) is 0 Å². The highest BCUT2D eigenvalue weighted by molar-refractivity contribution is 6.01. The smallest absolute Gasteiger partial charge is 0.255 e. The van der Waals surface area contributed by atoms with Crippen molar-refractivity contribution in [3.63, 3.8) is 0 Å². The van der Waals surface area contributed by atoms with Crippen molar-refractivity contribution in [2.75, 3.05) is 13.2 Å². The van der Waals surface area contributed by atoms with Crippen LogP contribution in [0, 0.1) is 0 Å². The Labute approximate surface area is 284 Å². The largest absolute Gasteiger partial charge is 0.455 e. The van der Waals surface area contributed by atoms with Gasteiger partial charge < -0.3 is 25.6 Å².